The summed E-state index contributed by atoms with van der Waals surface area (Å²) in [5.41, 5.74) is 0.161. The fourth-order valence-corrected chi connectivity index (χ4v) is 8.00. The zero-order valence-corrected chi connectivity index (χ0v) is 25.5. The molecule has 3 N–H and O–H groups in total. The first kappa shape index (κ1) is 31.7. The van der Waals surface area contributed by atoms with E-state index in [4.69, 9.17) is 14.5 Å². The number of amides is 1. The molecule has 7 unspecified atom stereocenters. The fraction of sp³-hybridized carbons (Fsp3) is 0.559. The number of aliphatic hydroxyl groups is 2. The van der Waals surface area contributed by atoms with Crippen molar-refractivity contribution in [2.24, 2.45) is 33.1 Å². The van der Waals surface area contributed by atoms with Gasteiger partial charge in [0.15, 0.2) is 0 Å². The molecule has 2 fully saturated rings. The molecule has 0 spiro atoms. The minimum Gasteiger partial charge on any atom is -0.463 e. The van der Waals surface area contributed by atoms with Gasteiger partial charge < -0.3 is 25.0 Å². The van der Waals surface area contributed by atoms with E-state index in [0.29, 0.717) is 30.5 Å². The molecule has 2 saturated carbocycles. The van der Waals surface area contributed by atoms with Crippen LogP contribution in [0.4, 0.5) is 4.79 Å². The monoisotopic (exact) mass is 578 g/mol. The first-order valence-electron chi connectivity index (χ1n) is 15.0. The van der Waals surface area contributed by atoms with Crippen molar-refractivity contribution < 1.29 is 29.3 Å². The van der Waals surface area contributed by atoms with E-state index < -0.39 is 46.6 Å². The molecule has 0 aliphatic heterocycles. The first-order chi connectivity index (χ1) is 19.9. The van der Waals surface area contributed by atoms with Gasteiger partial charge in [0.1, 0.15) is 0 Å². The topological polar surface area (TPSA) is 117 Å². The Hall–Kier alpha value is -3.23. The lowest BCUT2D eigenvalue weighted by molar-refractivity contribution is -0.157. The van der Waals surface area contributed by atoms with E-state index in [0.717, 1.165) is 5.56 Å². The first-order valence-corrected chi connectivity index (χ1v) is 15.0. The summed E-state index contributed by atoms with van der Waals surface area (Å²) in [6.07, 6.45) is 6.37. The summed E-state index contributed by atoms with van der Waals surface area (Å²) >= 11 is 0. The number of alkyl carbamates (subject to hydrolysis) is 1. The highest BCUT2D eigenvalue weighted by molar-refractivity contribution is 5.86. The van der Waals surface area contributed by atoms with Gasteiger partial charge >= 0.3 is 12.1 Å². The minimum atomic E-state index is -0.932. The quantitative estimate of drug-likeness (QED) is 0.178. The molecule has 3 aliphatic rings. The van der Waals surface area contributed by atoms with Crippen molar-refractivity contribution in [3.05, 3.63) is 71.8 Å². The summed E-state index contributed by atoms with van der Waals surface area (Å²) in [7, 11) is 0. The summed E-state index contributed by atoms with van der Waals surface area (Å²) in [6.45, 7) is 14.9. The van der Waals surface area contributed by atoms with Crippen molar-refractivity contribution in [3.63, 3.8) is 0 Å². The van der Waals surface area contributed by atoms with E-state index in [1.807, 2.05) is 55.6 Å². The summed E-state index contributed by atoms with van der Waals surface area (Å²) in [6, 6.07) is 9.19. The summed E-state index contributed by atoms with van der Waals surface area (Å²) in [4.78, 5) is 30.8. The predicted molar refractivity (Wildman–Crippen MR) is 163 cm³/mol. The standard InChI is InChI=1S/C34H46N2O6/c1-7-41-29(39)17-25-26(36-31(40)42-8-2)16-12-15-24-30-32(4,5)18-27(37)22(3)33(30,6)28(38)19-34(24,25)21-35-20-23-13-10-9-11-14-23/h9-14,16-17,21,24,26-28,30,37-38H,3,7-8,15,18-20H2,1-2,4-6H3,(H,36,40). The number of allylic oxidation sites excluding steroid dienone is 1. The Kier molecular flexibility index (Phi) is 9.48. The Labute approximate surface area is 249 Å². The molecule has 0 heterocycles. The molecule has 0 saturated heterocycles. The smallest absolute Gasteiger partial charge is 0.407 e. The number of carbonyl (C=O) groups is 2. The number of nitrogens with zero attached hydrogens (tertiary/aromatic N) is 1. The van der Waals surface area contributed by atoms with Crippen LogP contribution in [0.5, 0.6) is 0 Å². The minimum absolute atomic E-state index is 0.135. The third-order valence-electron chi connectivity index (χ3n) is 9.73. The Morgan fingerprint density at radius 2 is 1.79 bits per heavy atom. The third-order valence-corrected chi connectivity index (χ3v) is 9.73. The molecule has 8 nitrogen and oxygen atoms in total. The number of hydrogen-bond donors (Lipinski definition) is 3. The average molecular weight is 579 g/mol. The maximum absolute atomic E-state index is 13.1. The van der Waals surface area contributed by atoms with E-state index in [-0.39, 0.29) is 31.5 Å². The summed E-state index contributed by atoms with van der Waals surface area (Å²) < 4.78 is 10.6. The number of esters is 1. The van der Waals surface area contributed by atoms with Crippen LogP contribution in [-0.2, 0) is 20.8 Å². The van der Waals surface area contributed by atoms with E-state index >= 15 is 0 Å². The highest BCUT2D eigenvalue weighted by atomic mass is 16.5. The second-order valence-electron chi connectivity index (χ2n) is 12.7. The van der Waals surface area contributed by atoms with Crippen molar-refractivity contribution in [3.8, 4) is 0 Å². The molecule has 42 heavy (non-hydrogen) atoms. The van der Waals surface area contributed by atoms with Gasteiger partial charge in [-0.1, -0.05) is 69.8 Å². The Bertz CT molecular complexity index is 1250. The third kappa shape index (κ3) is 5.84. The maximum Gasteiger partial charge on any atom is 0.407 e. The van der Waals surface area contributed by atoms with Gasteiger partial charge in [0.05, 0.1) is 38.0 Å². The van der Waals surface area contributed by atoms with Crippen LogP contribution in [0.3, 0.4) is 0 Å². The molecule has 1 aromatic rings. The number of carbonyl (C=O) groups excluding carboxylic acids is 2. The number of rotatable bonds is 7. The lowest BCUT2D eigenvalue weighted by Gasteiger charge is -2.65. The van der Waals surface area contributed by atoms with Gasteiger partial charge in [-0.15, -0.1) is 0 Å². The largest absolute Gasteiger partial charge is 0.463 e. The van der Waals surface area contributed by atoms with Crippen LogP contribution >= 0.6 is 0 Å². The Morgan fingerprint density at radius 3 is 2.45 bits per heavy atom. The lowest BCUT2D eigenvalue weighted by Crippen LogP contribution is -2.65. The van der Waals surface area contributed by atoms with Crippen LogP contribution < -0.4 is 5.32 Å². The molecular weight excluding hydrogens is 532 g/mol. The Morgan fingerprint density at radius 1 is 1.10 bits per heavy atom. The van der Waals surface area contributed by atoms with Gasteiger partial charge in [0.2, 0.25) is 0 Å². The van der Waals surface area contributed by atoms with Crippen molar-refractivity contribution >= 4 is 18.3 Å². The van der Waals surface area contributed by atoms with Gasteiger partial charge in [-0.3, -0.25) is 4.99 Å². The molecular formula is C34H46N2O6. The van der Waals surface area contributed by atoms with Crippen molar-refractivity contribution in [2.75, 3.05) is 13.2 Å². The lowest BCUT2D eigenvalue weighted by atomic mass is 9.40. The fourth-order valence-electron chi connectivity index (χ4n) is 8.00. The molecule has 3 aliphatic carbocycles. The number of aliphatic hydroxyl groups excluding tert-OH is 2. The normalized spacial score (nSPS) is 34.8. The number of benzene rings is 1. The molecule has 4 rings (SSSR count). The van der Waals surface area contributed by atoms with Crippen LogP contribution in [0.15, 0.2) is 71.3 Å². The van der Waals surface area contributed by atoms with Crippen molar-refractivity contribution in [1.29, 1.82) is 0 Å². The van der Waals surface area contributed by atoms with Crippen molar-refractivity contribution in [2.45, 2.75) is 78.7 Å². The van der Waals surface area contributed by atoms with E-state index in [2.05, 4.69) is 25.7 Å². The van der Waals surface area contributed by atoms with Gasteiger partial charge in [-0.25, -0.2) is 9.59 Å². The van der Waals surface area contributed by atoms with E-state index in [9.17, 15) is 19.8 Å². The average Bonchev–Trinajstić information content (AvgIpc) is 3.05. The molecule has 0 bridgehead atoms. The predicted octanol–water partition coefficient (Wildman–Crippen LogP) is 5.16. The highest BCUT2D eigenvalue weighted by Crippen LogP contribution is 2.67. The molecule has 228 valence electrons. The number of fused-ring (bicyclic) bond motifs is 3. The SMILES string of the molecule is C=C1C(O)CC(C)(C)C2C3CC=CC(NC(=O)OCC)C(=CC(=O)OCC)C3(C=NCc3ccccc3)CC(O)C12C. The van der Waals surface area contributed by atoms with Gasteiger partial charge in [-0.2, -0.15) is 0 Å². The number of ether oxygens (including phenoxy) is 2. The number of hydrogen-bond acceptors (Lipinski definition) is 7. The van der Waals surface area contributed by atoms with Crippen LogP contribution in [0.2, 0.25) is 0 Å². The molecule has 0 aromatic heterocycles. The number of aliphatic imine (C=N–C) groups is 1. The highest BCUT2D eigenvalue weighted by Gasteiger charge is 2.66. The van der Waals surface area contributed by atoms with Crippen LogP contribution in [0.25, 0.3) is 0 Å². The van der Waals surface area contributed by atoms with E-state index in [1.165, 1.54) is 6.08 Å². The van der Waals surface area contributed by atoms with Crippen LogP contribution in [0, 0.1) is 28.1 Å². The van der Waals surface area contributed by atoms with Gasteiger partial charge in [0.25, 0.3) is 0 Å². The molecule has 8 heteroatoms. The second kappa shape index (κ2) is 12.6. The molecule has 1 amide bonds. The van der Waals surface area contributed by atoms with Crippen LogP contribution in [0.1, 0.15) is 59.4 Å². The summed E-state index contributed by atoms with van der Waals surface area (Å²) in [5, 5.41) is 26.1. The van der Waals surface area contributed by atoms with Crippen LogP contribution in [-0.4, -0.2) is 60.0 Å². The second-order valence-corrected chi connectivity index (χ2v) is 12.7. The van der Waals surface area contributed by atoms with Crippen molar-refractivity contribution in [1.82, 2.24) is 5.32 Å². The molecule has 7 atom stereocenters. The Balaban J connectivity index is 1.94. The maximum atomic E-state index is 13.1. The zero-order chi connectivity index (χ0) is 30.7. The molecule has 0 radical (unpaired) electrons. The number of nitrogens with one attached hydrogen (secondary N) is 1. The molecule has 1 aromatic carbocycles. The van der Waals surface area contributed by atoms with Gasteiger partial charge in [0, 0.05) is 23.1 Å². The zero-order valence-electron chi connectivity index (χ0n) is 25.5. The van der Waals surface area contributed by atoms with E-state index in [1.54, 1.807) is 13.8 Å². The van der Waals surface area contributed by atoms with Gasteiger partial charge in [-0.05, 0) is 67.1 Å². The summed E-state index contributed by atoms with van der Waals surface area (Å²) in [5.74, 6) is -0.807.